The molecule has 0 saturated heterocycles. The van der Waals surface area contributed by atoms with E-state index in [9.17, 15) is 22.8 Å². The van der Waals surface area contributed by atoms with Gasteiger partial charge in [-0.05, 0) is 31.3 Å². The number of benzene rings is 2. The van der Waals surface area contributed by atoms with Gasteiger partial charge >= 0.3 is 6.18 Å². The fourth-order valence-electron chi connectivity index (χ4n) is 2.81. The van der Waals surface area contributed by atoms with E-state index in [-0.39, 0.29) is 37.6 Å². The van der Waals surface area contributed by atoms with Crippen molar-refractivity contribution in [3.63, 3.8) is 0 Å². The molecule has 0 aliphatic heterocycles. The van der Waals surface area contributed by atoms with E-state index in [1.54, 1.807) is 30.3 Å². The molecule has 2 aromatic rings. The Kier molecular flexibility index (Phi) is 7.95. The standard InChI is InChI=1S/C21H21F3N4O2/c1-27(14-19(29)26-18-11-6-5-10-17(18)21(22,23)24)15-20(30)28(13-7-12-25)16-8-3-2-4-9-16/h2-6,8-11H,7,13-15H2,1H3,(H,26,29). The molecular formula is C21H21F3N4O2. The fraction of sp³-hybridized carbons (Fsp3) is 0.286. The summed E-state index contributed by atoms with van der Waals surface area (Å²) < 4.78 is 39.2. The van der Waals surface area contributed by atoms with E-state index in [0.29, 0.717) is 5.69 Å². The number of nitrogens with zero attached hydrogens (tertiary/aromatic N) is 3. The largest absolute Gasteiger partial charge is 0.418 e. The number of nitriles is 1. The molecule has 2 rings (SSSR count). The Balaban J connectivity index is 2.00. The van der Waals surface area contributed by atoms with E-state index in [1.165, 1.54) is 35.0 Å². The van der Waals surface area contributed by atoms with Crippen molar-refractivity contribution in [2.24, 2.45) is 0 Å². The van der Waals surface area contributed by atoms with Gasteiger partial charge in [-0.25, -0.2) is 0 Å². The zero-order chi connectivity index (χ0) is 22.1. The SMILES string of the molecule is CN(CC(=O)Nc1ccccc1C(F)(F)F)CC(=O)N(CCC#N)c1ccccc1. The van der Waals surface area contributed by atoms with Crippen molar-refractivity contribution in [3.05, 3.63) is 60.2 Å². The summed E-state index contributed by atoms with van der Waals surface area (Å²) in [6, 6.07) is 15.5. The van der Waals surface area contributed by atoms with Gasteiger partial charge in [0.1, 0.15) is 0 Å². The molecule has 0 fully saturated rings. The summed E-state index contributed by atoms with van der Waals surface area (Å²) in [7, 11) is 1.51. The Bertz CT molecular complexity index is 910. The third-order valence-electron chi connectivity index (χ3n) is 4.14. The molecule has 0 spiro atoms. The van der Waals surface area contributed by atoms with E-state index >= 15 is 0 Å². The molecule has 0 bridgehead atoms. The summed E-state index contributed by atoms with van der Waals surface area (Å²) in [4.78, 5) is 27.7. The summed E-state index contributed by atoms with van der Waals surface area (Å²) in [5, 5.41) is 11.1. The Labute approximate surface area is 172 Å². The van der Waals surface area contributed by atoms with Crippen LogP contribution >= 0.6 is 0 Å². The van der Waals surface area contributed by atoms with Crippen molar-refractivity contribution in [2.75, 3.05) is 36.9 Å². The number of hydrogen-bond acceptors (Lipinski definition) is 4. The molecule has 1 N–H and O–H groups in total. The van der Waals surface area contributed by atoms with Crippen LogP contribution in [0.25, 0.3) is 0 Å². The molecule has 0 unspecified atom stereocenters. The van der Waals surface area contributed by atoms with Crippen LogP contribution in [0.15, 0.2) is 54.6 Å². The first-order valence-corrected chi connectivity index (χ1v) is 9.09. The predicted molar refractivity (Wildman–Crippen MR) is 107 cm³/mol. The second kappa shape index (κ2) is 10.4. The summed E-state index contributed by atoms with van der Waals surface area (Å²) in [6.45, 7) is -0.230. The molecule has 0 aliphatic carbocycles. The van der Waals surface area contributed by atoms with Crippen LogP contribution in [0.1, 0.15) is 12.0 Å². The fourth-order valence-corrected chi connectivity index (χ4v) is 2.81. The van der Waals surface area contributed by atoms with Gasteiger partial charge in [-0.1, -0.05) is 30.3 Å². The van der Waals surface area contributed by atoms with E-state index in [4.69, 9.17) is 5.26 Å². The van der Waals surface area contributed by atoms with Gasteiger partial charge in [-0.3, -0.25) is 14.5 Å². The molecule has 0 aliphatic rings. The highest BCUT2D eigenvalue weighted by atomic mass is 19.4. The molecule has 30 heavy (non-hydrogen) atoms. The van der Waals surface area contributed by atoms with Crippen LogP contribution in [0.3, 0.4) is 0 Å². The highest BCUT2D eigenvalue weighted by Crippen LogP contribution is 2.34. The molecule has 158 valence electrons. The van der Waals surface area contributed by atoms with E-state index in [1.807, 2.05) is 6.07 Å². The number of rotatable bonds is 8. The lowest BCUT2D eigenvalue weighted by atomic mass is 10.1. The normalized spacial score (nSPS) is 11.1. The molecule has 2 aromatic carbocycles. The van der Waals surface area contributed by atoms with Crippen molar-refractivity contribution >= 4 is 23.2 Å². The van der Waals surface area contributed by atoms with Crippen molar-refractivity contribution in [1.29, 1.82) is 5.26 Å². The molecule has 0 aromatic heterocycles. The van der Waals surface area contributed by atoms with Crippen LogP contribution in [0.5, 0.6) is 0 Å². The second-order valence-corrected chi connectivity index (χ2v) is 6.55. The van der Waals surface area contributed by atoms with Crippen LogP contribution in [0.2, 0.25) is 0 Å². The maximum Gasteiger partial charge on any atom is 0.418 e. The third kappa shape index (κ3) is 6.60. The topological polar surface area (TPSA) is 76.4 Å². The Morgan fingerprint density at radius 1 is 1.03 bits per heavy atom. The van der Waals surface area contributed by atoms with Crippen molar-refractivity contribution in [3.8, 4) is 6.07 Å². The molecule has 0 heterocycles. The van der Waals surface area contributed by atoms with Crippen LogP contribution in [-0.4, -0.2) is 43.4 Å². The first kappa shape index (κ1) is 22.9. The average molecular weight is 418 g/mol. The van der Waals surface area contributed by atoms with Crippen LogP contribution in [-0.2, 0) is 15.8 Å². The van der Waals surface area contributed by atoms with Crippen molar-refractivity contribution in [2.45, 2.75) is 12.6 Å². The first-order valence-electron chi connectivity index (χ1n) is 9.09. The lowest BCUT2D eigenvalue weighted by molar-refractivity contribution is -0.137. The molecular weight excluding hydrogens is 397 g/mol. The number of hydrogen-bond donors (Lipinski definition) is 1. The Morgan fingerprint density at radius 3 is 2.30 bits per heavy atom. The average Bonchev–Trinajstić information content (AvgIpc) is 2.68. The second-order valence-electron chi connectivity index (χ2n) is 6.55. The zero-order valence-corrected chi connectivity index (χ0v) is 16.3. The maximum absolute atomic E-state index is 13.1. The van der Waals surface area contributed by atoms with Gasteiger partial charge in [0.2, 0.25) is 11.8 Å². The molecule has 0 saturated carbocycles. The lowest BCUT2D eigenvalue weighted by Crippen LogP contribution is -2.42. The van der Waals surface area contributed by atoms with E-state index in [2.05, 4.69) is 5.32 Å². The number of halogens is 3. The van der Waals surface area contributed by atoms with Gasteiger partial charge in [0.15, 0.2) is 0 Å². The van der Waals surface area contributed by atoms with E-state index < -0.39 is 17.6 Å². The first-order chi connectivity index (χ1) is 14.2. The number of amides is 2. The van der Waals surface area contributed by atoms with Gasteiger partial charge in [0.05, 0.1) is 36.8 Å². The summed E-state index contributed by atoms with van der Waals surface area (Å²) in [5.74, 6) is -1.01. The van der Waals surface area contributed by atoms with Gasteiger partial charge < -0.3 is 10.2 Å². The third-order valence-corrected chi connectivity index (χ3v) is 4.14. The monoisotopic (exact) mass is 418 g/mol. The number of likely N-dealkylation sites (N-methyl/N-ethyl adjacent to an activating group) is 1. The number of carbonyl (C=O) groups excluding carboxylic acids is 2. The van der Waals surface area contributed by atoms with Crippen LogP contribution in [0, 0.1) is 11.3 Å². The minimum Gasteiger partial charge on any atom is -0.324 e. The molecule has 0 atom stereocenters. The Hall–Kier alpha value is -3.38. The van der Waals surface area contributed by atoms with Crippen LogP contribution in [0.4, 0.5) is 24.5 Å². The molecule has 6 nitrogen and oxygen atoms in total. The molecule has 9 heteroatoms. The summed E-state index contributed by atoms with van der Waals surface area (Å²) >= 11 is 0. The minimum atomic E-state index is -4.59. The van der Waals surface area contributed by atoms with Gasteiger partial charge in [-0.15, -0.1) is 0 Å². The maximum atomic E-state index is 13.1. The highest BCUT2D eigenvalue weighted by Gasteiger charge is 2.33. The summed E-state index contributed by atoms with van der Waals surface area (Å²) in [6.07, 6.45) is -4.46. The smallest absolute Gasteiger partial charge is 0.324 e. The minimum absolute atomic E-state index is 0.138. The highest BCUT2D eigenvalue weighted by molar-refractivity contribution is 5.96. The van der Waals surface area contributed by atoms with Crippen LogP contribution < -0.4 is 10.2 Å². The molecule has 0 radical (unpaired) electrons. The number of nitrogens with one attached hydrogen (secondary N) is 1. The number of anilines is 2. The van der Waals surface area contributed by atoms with E-state index in [0.717, 1.165) is 6.07 Å². The van der Waals surface area contributed by atoms with Crippen molar-refractivity contribution in [1.82, 2.24) is 4.90 Å². The summed E-state index contributed by atoms with van der Waals surface area (Å²) in [5.41, 5.74) is -0.659. The number of alkyl halides is 3. The van der Waals surface area contributed by atoms with Crippen molar-refractivity contribution < 1.29 is 22.8 Å². The van der Waals surface area contributed by atoms with Gasteiger partial charge in [0.25, 0.3) is 0 Å². The molecule has 2 amide bonds. The van der Waals surface area contributed by atoms with Gasteiger partial charge in [-0.2, -0.15) is 18.4 Å². The predicted octanol–water partition coefficient (Wildman–Crippen LogP) is 3.52. The number of carbonyl (C=O) groups is 2. The zero-order valence-electron chi connectivity index (χ0n) is 16.3. The lowest BCUT2D eigenvalue weighted by Gasteiger charge is -2.25. The van der Waals surface area contributed by atoms with Gasteiger partial charge in [0, 0.05) is 12.2 Å². The Morgan fingerprint density at radius 2 is 1.67 bits per heavy atom. The number of para-hydroxylation sites is 2. The quantitative estimate of drug-likeness (QED) is 0.712.